The number of aryl methyl sites for hydroxylation is 1. The molecule has 1 aliphatic carbocycles. The number of carbonyl (C=O) groups excluding carboxylic acids is 2. The summed E-state index contributed by atoms with van der Waals surface area (Å²) < 4.78 is 20.2. The van der Waals surface area contributed by atoms with Crippen LogP contribution in [0.3, 0.4) is 0 Å². The van der Waals surface area contributed by atoms with Crippen molar-refractivity contribution in [2.24, 2.45) is 11.8 Å². The molecule has 0 spiro atoms. The van der Waals surface area contributed by atoms with Crippen molar-refractivity contribution in [3.05, 3.63) is 58.4 Å². The van der Waals surface area contributed by atoms with Crippen molar-refractivity contribution < 1.29 is 18.7 Å². The van der Waals surface area contributed by atoms with E-state index in [1.54, 1.807) is 6.07 Å². The Morgan fingerprint density at radius 2 is 1.57 bits per heavy atom. The molecule has 2 saturated heterocycles. The Labute approximate surface area is 180 Å². The Hall–Kier alpha value is -2.04. The molecule has 5 rings (SSSR count). The molecular weight excluding hydrogens is 403 g/mol. The summed E-state index contributed by atoms with van der Waals surface area (Å²) in [4.78, 5) is 27.1. The lowest BCUT2D eigenvalue weighted by atomic mass is 9.69. The quantitative estimate of drug-likeness (QED) is 0.607. The van der Waals surface area contributed by atoms with Crippen molar-refractivity contribution in [1.29, 1.82) is 0 Å². The van der Waals surface area contributed by atoms with Crippen LogP contribution in [0.25, 0.3) is 11.1 Å². The van der Waals surface area contributed by atoms with E-state index >= 15 is 0 Å². The average Bonchev–Trinajstić information content (AvgIpc) is 3.27. The van der Waals surface area contributed by atoms with E-state index in [1.807, 2.05) is 39.0 Å². The van der Waals surface area contributed by atoms with Crippen LogP contribution in [-0.2, 0) is 20.7 Å². The summed E-state index contributed by atoms with van der Waals surface area (Å²) in [6.07, 6.45) is 2.32. The standard InChI is InChI=1S/C25H24ClFO3/c1-4-13-5-6-14(15-7-8-17(26)18(27)12-15)11-16(13)19-22(28)20-21(23(19)29)25(3)10-9-24(20,2)30-25/h5-8,11-12,19-21H,4,9-10H2,1-3H3/t19?,20-,21+,24-,25+. The Bertz CT molecular complexity index is 1060. The second kappa shape index (κ2) is 6.48. The van der Waals surface area contributed by atoms with Gasteiger partial charge in [-0.15, -0.1) is 0 Å². The molecule has 1 saturated carbocycles. The van der Waals surface area contributed by atoms with Gasteiger partial charge in [-0.3, -0.25) is 9.59 Å². The molecule has 156 valence electrons. The number of hydrogen-bond acceptors (Lipinski definition) is 3. The number of rotatable bonds is 3. The van der Waals surface area contributed by atoms with Crippen LogP contribution < -0.4 is 0 Å². The Morgan fingerprint density at radius 1 is 1.00 bits per heavy atom. The predicted molar refractivity (Wildman–Crippen MR) is 113 cm³/mol. The van der Waals surface area contributed by atoms with E-state index in [0.717, 1.165) is 29.5 Å². The molecule has 0 N–H and O–H groups in total. The van der Waals surface area contributed by atoms with Crippen LogP contribution in [0.1, 0.15) is 50.7 Å². The lowest BCUT2D eigenvalue weighted by Crippen LogP contribution is -2.40. The van der Waals surface area contributed by atoms with E-state index in [9.17, 15) is 14.0 Å². The van der Waals surface area contributed by atoms with Gasteiger partial charge in [-0.25, -0.2) is 4.39 Å². The molecule has 5 atom stereocenters. The van der Waals surface area contributed by atoms with Gasteiger partial charge in [0.05, 0.1) is 28.1 Å². The van der Waals surface area contributed by atoms with Gasteiger partial charge in [-0.05, 0) is 73.6 Å². The summed E-state index contributed by atoms with van der Waals surface area (Å²) in [5, 5.41) is 0.0649. The van der Waals surface area contributed by atoms with Gasteiger partial charge >= 0.3 is 0 Å². The summed E-state index contributed by atoms with van der Waals surface area (Å²) >= 11 is 5.83. The Morgan fingerprint density at radius 3 is 2.13 bits per heavy atom. The molecule has 1 unspecified atom stereocenters. The Balaban J connectivity index is 1.61. The molecule has 2 bridgehead atoms. The number of halogens is 2. The highest BCUT2D eigenvalue weighted by Gasteiger charge is 2.72. The van der Waals surface area contributed by atoms with E-state index in [-0.39, 0.29) is 28.4 Å². The van der Waals surface area contributed by atoms with Crippen LogP contribution in [0.2, 0.25) is 5.02 Å². The first-order chi connectivity index (χ1) is 14.2. The molecular formula is C25H24ClFO3. The highest BCUT2D eigenvalue weighted by Crippen LogP contribution is 2.62. The number of ether oxygens (including phenoxy) is 1. The fourth-order valence-corrected chi connectivity index (χ4v) is 6.17. The van der Waals surface area contributed by atoms with E-state index in [0.29, 0.717) is 12.0 Å². The smallest absolute Gasteiger partial charge is 0.154 e. The van der Waals surface area contributed by atoms with Crippen LogP contribution >= 0.6 is 11.6 Å². The minimum Gasteiger partial charge on any atom is -0.368 e. The zero-order valence-electron chi connectivity index (χ0n) is 17.3. The number of Topliss-reactive ketones (excluding diaryl/α,β-unsaturated/α-hetero) is 2. The molecule has 5 heteroatoms. The molecule has 3 aliphatic rings. The number of benzene rings is 2. The molecule has 0 radical (unpaired) electrons. The molecule has 2 heterocycles. The van der Waals surface area contributed by atoms with Crippen LogP contribution in [0, 0.1) is 17.7 Å². The minimum absolute atomic E-state index is 0.0231. The second-order valence-electron chi connectivity index (χ2n) is 9.32. The fourth-order valence-electron chi connectivity index (χ4n) is 6.05. The number of ketones is 2. The molecule has 2 aliphatic heterocycles. The van der Waals surface area contributed by atoms with Crippen LogP contribution in [0.4, 0.5) is 4.39 Å². The second-order valence-corrected chi connectivity index (χ2v) is 9.72. The number of fused-ring (bicyclic) bond motifs is 5. The molecule has 3 fully saturated rings. The third kappa shape index (κ3) is 2.59. The first-order valence-corrected chi connectivity index (χ1v) is 10.9. The van der Waals surface area contributed by atoms with Gasteiger partial charge in [0.25, 0.3) is 0 Å². The maximum atomic E-state index is 14.0. The maximum absolute atomic E-state index is 14.0. The maximum Gasteiger partial charge on any atom is 0.154 e. The summed E-state index contributed by atoms with van der Waals surface area (Å²) in [6, 6.07) is 10.4. The third-order valence-corrected chi connectivity index (χ3v) is 7.81. The van der Waals surface area contributed by atoms with Crippen molar-refractivity contribution in [3.63, 3.8) is 0 Å². The summed E-state index contributed by atoms with van der Waals surface area (Å²) in [7, 11) is 0. The van der Waals surface area contributed by atoms with E-state index in [1.165, 1.54) is 12.1 Å². The van der Waals surface area contributed by atoms with Crippen molar-refractivity contribution >= 4 is 23.2 Å². The van der Waals surface area contributed by atoms with Crippen LogP contribution in [0.5, 0.6) is 0 Å². The van der Waals surface area contributed by atoms with Crippen LogP contribution in [-0.4, -0.2) is 22.8 Å². The van der Waals surface area contributed by atoms with Gasteiger partial charge in [-0.2, -0.15) is 0 Å². The molecule has 2 aromatic rings. The zero-order valence-corrected chi connectivity index (χ0v) is 18.1. The largest absolute Gasteiger partial charge is 0.368 e. The predicted octanol–water partition coefficient (Wildman–Crippen LogP) is 5.52. The highest BCUT2D eigenvalue weighted by molar-refractivity contribution is 6.30. The van der Waals surface area contributed by atoms with E-state index < -0.39 is 22.9 Å². The van der Waals surface area contributed by atoms with E-state index in [4.69, 9.17) is 16.3 Å². The Kier molecular flexibility index (Phi) is 4.30. The highest BCUT2D eigenvalue weighted by atomic mass is 35.5. The summed E-state index contributed by atoms with van der Waals surface area (Å²) in [6.45, 7) is 5.97. The number of carbonyl (C=O) groups is 2. The lowest BCUT2D eigenvalue weighted by Gasteiger charge is -2.28. The van der Waals surface area contributed by atoms with Gasteiger partial charge in [0, 0.05) is 0 Å². The molecule has 0 aromatic heterocycles. The zero-order chi connectivity index (χ0) is 21.4. The molecule has 0 amide bonds. The van der Waals surface area contributed by atoms with Crippen molar-refractivity contribution in [2.75, 3.05) is 0 Å². The first-order valence-electron chi connectivity index (χ1n) is 10.5. The van der Waals surface area contributed by atoms with Gasteiger partial charge in [-0.1, -0.05) is 36.7 Å². The minimum atomic E-state index is -0.771. The number of hydrogen-bond donors (Lipinski definition) is 0. The van der Waals surface area contributed by atoms with E-state index in [2.05, 4.69) is 0 Å². The SMILES string of the molecule is CCc1ccc(-c2ccc(Cl)c(F)c2)cc1C1C(=O)[C@@H]2[C@H](C1=O)[C@@]1(C)CC[C@]2(C)O1. The average molecular weight is 427 g/mol. The van der Waals surface area contributed by atoms with Crippen molar-refractivity contribution in [3.8, 4) is 11.1 Å². The fraction of sp³-hybridized carbons (Fsp3) is 0.440. The van der Waals surface area contributed by atoms with Gasteiger partial charge in [0.1, 0.15) is 11.7 Å². The third-order valence-electron chi connectivity index (χ3n) is 7.51. The van der Waals surface area contributed by atoms with Crippen molar-refractivity contribution in [1.82, 2.24) is 0 Å². The van der Waals surface area contributed by atoms with Gasteiger partial charge in [0.15, 0.2) is 11.6 Å². The molecule has 3 nitrogen and oxygen atoms in total. The monoisotopic (exact) mass is 426 g/mol. The first kappa shape index (κ1) is 19.9. The van der Waals surface area contributed by atoms with Crippen molar-refractivity contribution in [2.45, 2.75) is 57.2 Å². The lowest BCUT2D eigenvalue weighted by molar-refractivity contribution is -0.132. The molecule has 30 heavy (non-hydrogen) atoms. The van der Waals surface area contributed by atoms with Gasteiger partial charge in [0.2, 0.25) is 0 Å². The topological polar surface area (TPSA) is 43.4 Å². The molecule has 2 aromatic carbocycles. The normalized spacial score (nSPS) is 34.6. The van der Waals surface area contributed by atoms with Gasteiger partial charge < -0.3 is 4.74 Å². The summed E-state index contributed by atoms with van der Waals surface area (Å²) in [5.41, 5.74) is 2.06. The summed E-state index contributed by atoms with van der Waals surface area (Å²) in [5.74, 6) is -2.07. The van der Waals surface area contributed by atoms with Crippen LogP contribution in [0.15, 0.2) is 36.4 Å².